The molecule has 0 bridgehead atoms. The molecule has 12 heteroatoms. The fourth-order valence-electron chi connectivity index (χ4n) is 4.25. The van der Waals surface area contributed by atoms with Crippen LogP contribution in [0.3, 0.4) is 0 Å². The number of halogens is 1. The summed E-state index contributed by atoms with van der Waals surface area (Å²) >= 11 is 1.30. The molecule has 3 aromatic rings. The molecule has 0 aliphatic carbocycles. The number of carboxylic acids is 1. The Balaban J connectivity index is 1.53. The van der Waals surface area contributed by atoms with E-state index in [9.17, 15) is 19.5 Å². The number of aromatic carboxylic acids is 1. The summed E-state index contributed by atoms with van der Waals surface area (Å²) in [6.07, 6.45) is 1.23. The lowest BCUT2D eigenvalue weighted by atomic mass is 10.1. The normalized spacial score (nSPS) is 15.7. The Morgan fingerprint density at radius 2 is 1.97 bits per heavy atom. The van der Waals surface area contributed by atoms with Crippen LogP contribution in [0.2, 0.25) is 0 Å². The number of thiazole rings is 1. The van der Waals surface area contributed by atoms with Crippen molar-refractivity contribution in [3.63, 3.8) is 0 Å². The van der Waals surface area contributed by atoms with E-state index in [1.807, 2.05) is 0 Å². The third-order valence-corrected chi connectivity index (χ3v) is 6.89. The molecule has 0 atom stereocenters. The fraction of sp³-hybridized carbons (Fsp3) is 0.333. The van der Waals surface area contributed by atoms with Crippen molar-refractivity contribution >= 4 is 39.8 Å². The molecule has 1 aromatic carbocycles. The van der Waals surface area contributed by atoms with Gasteiger partial charge in [-0.25, -0.2) is 14.2 Å². The zero-order chi connectivity index (χ0) is 23.4. The van der Waals surface area contributed by atoms with E-state index in [0.29, 0.717) is 42.3 Å². The molecule has 1 amide bonds. The van der Waals surface area contributed by atoms with Gasteiger partial charge in [0, 0.05) is 39.4 Å². The summed E-state index contributed by atoms with van der Waals surface area (Å²) in [4.78, 5) is 45.3. The summed E-state index contributed by atoms with van der Waals surface area (Å²) < 4.78 is 22.7. The molecule has 2 aromatic heterocycles. The van der Waals surface area contributed by atoms with Crippen molar-refractivity contribution in [1.29, 1.82) is 0 Å². The van der Waals surface area contributed by atoms with Crippen LogP contribution in [0.4, 0.5) is 10.1 Å². The number of pyridine rings is 1. The van der Waals surface area contributed by atoms with E-state index >= 15 is 4.39 Å². The number of hydrogen-bond acceptors (Lipinski definition) is 8. The molecule has 0 spiro atoms. The molecule has 4 heterocycles. The van der Waals surface area contributed by atoms with Gasteiger partial charge in [-0.1, -0.05) is 0 Å². The smallest absolute Gasteiger partial charge is 0.341 e. The number of carbonyl (C=O) groups is 2. The Kier molecular flexibility index (Phi) is 4.96. The van der Waals surface area contributed by atoms with E-state index in [2.05, 4.69) is 4.98 Å². The molecule has 0 radical (unpaired) electrons. The number of amides is 1. The van der Waals surface area contributed by atoms with E-state index < -0.39 is 22.8 Å². The summed E-state index contributed by atoms with van der Waals surface area (Å²) in [5.74, 6) is -1.96. The zero-order valence-electron chi connectivity index (χ0n) is 17.9. The summed E-state index contributed by atoms with van der Waals surface area (Å²) in [5.41, 5.74) is 1.63. The van der Waals surface area contributed by atoms with Crippen LogP contribution in [0.25, 0.3) is 10.9 Å². The number of anilines is 1. The van der Waals surface area contributed by atoms with Crippen LogP contribution in [-0.2, 0) is 0 Å². The average Bonchev–Trinajstić information content (AvgIpc) is 3.22. The summed E-state index contributed by atoms with van der Waals surface area (Å²) in [7, 11) is 1.67. The van der Waals surface area contributed by atoms with Gasteiger partial charge in [-0.15, -0.1) is 11.3 Å². The van der Waals surface area contributed by atoms with E-state index in [1.54, 1.807) is 34.3 Å². The minimum absolute atomic E-state index is 0.0452. The van der Waals surface area contributed by atoms with Gasteiger partial charge in [-0.3, -0.25) is 19.3 Å². The second-order valence-electron chi connectivity index (χ2n) is 7.93. The highest BCUT2D eigenvalue weighted by Crippen LogP contribution is 2.40. The van der Waals surface area contributed by atoms with Gasteiger partial charge in [0.1, 0.15) is 21.6 Å². The van der Waals surface area contributed by atoms with Crippen LogP contribution < -0.4 is 20.1 Å². The number of ether oxygens (including phenoxy) is 1. The number of piperazine rings is 1. The van der Waals surface area contributed by atoms with Crippen molar-refractivity contribution in [2.24, 2.45) is 0 Å². The number of nitrogens with zero attached hydrogens (tertiary/aromatic N) is 5. The Labute approximate surface area is 191 Å². The van der Waals surface area contributed by atoms with Crippen molar-refractivity contribution in [2.45, 2.75) is 6.92 Å². The maximum Gasteiger partial charge on any atom is 0.341 e. The van der Waals surface area contributed by atoms with Gasteiger partial charge in [0.2, 0.25) is 5.43 Å². The van der Waals surface area contributed by atoms with Crippen molar-refractivity contribution in [1.82, 2.24) is 14.6 Å². The van der Waals surface area contributed by atoms with Crippen LogP contribution in [0.1, 0.15) is 25.7 Å². The van der Waals surface area contributed by atoms with Gasteiger partial charge in [0.05, 0.1) is 16.6 Å². The lowest BCUT2D eigenvalue weighted by Crippen LogP contribution is -2.49. The molecule has 172 valence electrons. The minimum Gasteiger partial charge on any atom is -0.477 e. The van der Waals surface area contributed by atoms with Crippen LogP contribution in [0, 0.1) is 12.7 Å². The van der Waals surface area contributed by atoms with Crippen LogP contribution >= 0.6 is 11.3 Å². The number of carbonyl (C=O) groups excluding carboxylic acids is 1. The van der Waals surface area contributed by atoms with Crippen molar-refractivity contribution in [3.05, 3.63) is 49.9 Å². The second-order valence-corrected chi connectivity index (χ2v) is 8.79. The Bertz CT molecular complexity index is 1360. The lowest BCUT2D eigenvalue weighted by molar-refractivity contribution is 0.0693. The molecule has 33 heavy (non-hydrogen) atoms. The summed E-state index contributed by atoms with van der Waals surface area (Å²) in [6, 6.07) is 1.07. The first-order valence-corrected chi connectivity index (χ1v) is 11.1. The molecule has 5 rings (SSSR count). The third-order valence-electron chi connectivity index (χ3n) is 5.97. The average molecular weight is 473 g/mol. The third kappa shape index (κ3) is 3.28. The number of rotatable bonds is 3. The standard InChI is InChI=1S/C21H20FN5O5S/c1-11-19(33-9-23-11)20(29)26-5-3-25(4-6-26)16-14(22)7-12-15-18(16)32-10-24(2)27(15)8-13(17(12)28)21(30)31/h7-9H,3-6,10H2,1-2H3,(H,30,31). The number of benzene rings is 1. The number of aryl methyl sites for hydroxylation is 1. The number of aromatic nitrogens is 2. The maximum absolute atomic E-state index is 15.3. The second kappa shape index (κ2) is 7.73. The van der Waals surface area contributed by atoms with E-state index in [1.165, 1.54) is 22.2 Å². The highest BCUT2D eigenvalue weighted by molar-refractivity contribution is 7.11. The molecular weight excluding hydrogens is 453 g/mol. The monoisotopic (exact) mass is 473 g/mol. The first-order chi connectivity index (χ1) is 15.8. The SMILES string of the molecule is Cc1ncsc1C(=O)N1CCN(c2c(F)cc3c(=O)c(C(=O)O)cn4c3c2OCN4C)CC1. The topological polar surface area (TPSA) is 108 Å². The van der Waals surface area contributed by atoms with Crippen LogP contribution in [-0.4, -0.2) is 71.5 Å². The molecule has 1 N–H and O–H groups in total. The number of carboxylic acid groups (broad SMARTS) is 1. The van der Waals surface area contributed by atoms with Crippen LogP contribution in [0.5, 0.6) is 5.75 Å². The largest absolute Gasteiger partial charge is 0.477 e. The maximum atomic E-state index is 15.3. The molecule has 0 saturated carbocycles. The van der Waals surface area contributed by atoms with Gasteiger partial charge in [-0.05, 0) is 13.0 Å². The first kappa shape index (κ1) is 21.2. The molecule has 1 saturated heterocycles. The van der Waals surface area contributed by atoms with Crippen molar-refractivity contribution < 1.29 is 23.8 Å². The molecule has 0 unspecified atom stereocenters. The van der Waals surface area contributed by atoms with Gasteiger partial charge in [0.15, 0.2) is 18.3 Å². The van der Waals surface area contributed by atoms with E-state index in [-0.39, 0.29) is 29.5 Å². The van der Waals surface area contributed by atoms with E-state index in [4.69, 9.17) is 4.74 Å². The summed E-state index contributed by atoms with van der Waals surface area (Å²) in [6.45, 7) is 3.35. The van der Waals surface area contributed by atoms with Crippen molar-refractivity contribution in [3.8, 4) is 5.75 Å². The fourth-order valence-corrected chi connectivity index (χ4v) is 5.02. The van der Waals surface area contributed by atoms with E-state index in [0.717, 1.165) is 6.07 Å². The van der Waals surface area contributed by atoms with Gasteiger partial charge >= 0.3 is 5.97 Å². The van der Waals surface area contributed by atoms with Crippen LogP contribution in [0.15, 0.2) is 22.6 Å². The predicted molar refractivity (Wildman–Crippen MR) is 120 cm³/mol. The highest BCUT2D eigenvalue weighted by atomic mass is 32.1. The molecule has 1 fully saturated rings. The van der Waals surface area contributed by atoms with Gasteiger partial charge < -0.3 is 19.6 Å². The highest BCUT2D eigenvalue weighted by Gasteiger charge is 2.32. The number of hydrogen-bond donors (Lipinski definition) is 1. The Hall–Kier alpha value is -3.67. The Morgan fingerprint density at radius 3 is 2.61 bits per heavy atom. The summed E-state index contributed by atoms with van der Waals surface area (Å²) in [5, 5.41) is 10.9. The molecule has 2 aliphatic heterocycles. The van der Waals surface area contributed by atoms with Crippen molar-refractivity contribution in [2.75, 3.05) is 49.9 Å². The first-order valence-electron chi connectivity index (χ1n) is 10.2. The predicted octanol–water partition coefficient (Wildman–Crippen LogP) is 1.48. The molecule has 2 aliphatic rings. The minimum atomic E-state index is -1.38. The lowest BCUT2D eigenvalue weighted by Gasteiger charge is -2.38. The molecule has 10 nitrogen and oxygen atoms in total. The quantitative estimate of drug-likeness (QED) is 0.610. The zero-order valence-corrected chi connectivity index (χ0v) is 18.7. The van der Waals surface area contributed by atoms with Gasteiger partial charge in [-0.2, -0.15) is 0 Å². The molecular formula is C21H20FN5O5S. The Morgan fingerprint density at radius 1 is 1.24 bits per heavy atom. The van der Waals surface area contributed by atoms with Gasteiger partial charge in [0.25, 0.3) is 5.91 Å².